The highest BCUT2D eigenvalue weighted by atomic mass is 35.5. The van der Waals surface area contributed by atoms with E-state index in [1.807, 2.05) is 38.9 Å². The topological polar surface area (TPSA) is 54.8 Å². The van der Waals surface area contributed by atoms with Crippen molar-refractivity contribution >= 4 is 23.4 Å². The van der Waals surface area contributed by atoms with Gasteiger partial charge in [-0.05, 0) is 49.8 Å². The number of amides is 2. The molecule has 1 atom stereocenters. The average molecular weight is 444 g/mol. The maximum atomic E-state index is 13.2. The molecule has 0 bridgehead atoms. The number of nitrogens with zero attached hydrogens (tertiary/aromatic N) is 3. The van der Waals surface area contributed by atoms with E-state index in [2.05, 4.69) is 6.92 Å². The Morgan fingerprint density at radius 1 is 1.03 bits per heavy atom. The maximum absolute atomic E-state index is 13.2. The van der Waals surface area contributed by atoms with E-state index in [9.17, 15) is 9.59 Å². The summed E-state index contributed by atoms with van der Waals surface area (Å²) in [7, 11) is 1.56. The van der Waals surface area contributed by atoms with Crippen molar-refractivity contribution in [2.24, 2.45) is 11.8 Å². The molecule has 6 nitrogen and oxygen atoms in total. The fourth-order valence-electron chi connectivity index (χ4n) is 4.72. The van der Waals surface area contributed by atoms with Gasteiger partial charge in [-0.25, -0.2) is 0 Å². The molecule has 2 fully saturated rings. The van der Waals surface area contributed by atoms with E-state index in [1.165, 1.54) is 6.42 Å². The van der Waals surface area contributed by atoms with Crippen LogP contribution in [-0.4, -0.2) is 59.5 Å². The Hall–Kier alpha value is -2.47. The average Bonchev–Trinajstić information content (AvgIpc) is 3.32. The van der Waals surface area contributed by atoms with Crippen molar-refractivity contribution in [3.63, 3.8) is 0 Å². The van der Waals surface area contributed by atoms with Gasteiger partial charge in [-0.3, -0.25) is 9.59 Å². The van der Waals surface area contributed by atoms with Gasteiger partial charge in [0.25, 0.3) is 5.91 Å². The summed E-state index contributed by atoms with van der Waals surface area (Å²) < 4.78 is 7.41. The van der Waals surface area contributed by atoms with Gasteiger partial charge in [-0.15, -0.1) is 0 Å². The second-order valence-corrected chi connectivity index (χ2v) is 9.10. The predicted molar refractivity (Wildman–Crippen MR) is 121 cm³/mol. The van der Waals surface area contributed by atoms with E-state index in [-0.39, 0.29) is 17.7 Å². The number of carbonyl (C=O) groups is 2. The van der Waals surface area contributed by atoms with Crippen LogP contribution in [0.4, 0.5) is 0 Å². The third kappa shape index (κ3) is 4.59. The van der Waals surface area contributed by atoms with Crippen molar-refractivity contribution in [1.29, 1.82) is 0 Å². The lowest BCUT2D eigenvalue weighted by atomic mass is 9.92. The summed E-state index contributed by atoms with van der Waals surface area (Å²) in [5.41, 5.74) is 1.22. The summed E-state index contributed by atoms with van der Waals surface area (Å²) in [5.74, 6) is 1.24. The van der Waals surface area contributed by atoms with E-state index in [4.69, 9.17) is 16.3 Å². The molecule has 2 aromatic rings. The SMILES string of the molecule is COc1cc(-n2cccc2)c(Cl)cc1C(=O)N1CCC(C(=O)N2CCCC(C)C2)CC1. The van der Waals surface area contributed by atoms with Crippen molar-refractivity contribution in [1.82, 2.24) is 14.4 Å². The van der Waals surface area contributed by atoms with Crippen molar-refractivity contribution < 1.29 is 14.3 Å². The number of piperidine rings is 2. The molecule has 0 N–H and O–H groups in total. The highest BCUT2D eigenvalue weighted by molar-refractivity contribution is 6.33. The third-order valence-electron chi connectivity index (χ3n) is 6.48. The number of ether oxygens (including phenoxy) is 1. The first-order valence-electron chi connectivity index (χ1n) is 11.1. The zero-order valence-corrected chi connectivity index (χ0v) is 19.0. The van der Waals surface area contributed by atoms with Gasteiger partial charge in [0.1, 0.15) is 5.75 Å². The van der Waals surface area contributed by atoms with Gasteiger partial charge in [-0.2, -0.15) is 0 Å². The summed E-state index contributed by atoms with van der Waals surface area (Å²) in [6.45, 7) is 5.07. The number of hydrogen-bond donors (Lipinski definition) is 0. The van der Waals surface area contributed by atoms with Crippen molar-refractivity contribution in [3.05, 3.63) is 47.2 Å². The van der Waals surface area contributed by atoms with Crippen LogP contribution in [0.3, 0.4) is 0 Å². The van der Waals surface area contributed by atoms with Crippen LogP contribution in [0, 0.1) is 11.8 Å². The van der Waals surface area contributed by atoms with Gasteiger partial charge in [0.15, 0.2) is 0 Å². The monoisotopic (exact) mass is 443 g/mol. The van der Waals surface area contributed by atoms with Crippen molar-refractivity contribution in [2.75, 3.05) is 33.3 Å². The highest BCUT2D eigenvalue weighted by Gasteiger charge is 2.32. The highest BCUT2D eigenvalue weighted by Crippen LogP contribution is 2.32. The lowest BCUT2D eigenvalue weighted by Gasteiger charge is -2.37. The minimum absolute atomic E-state index is 0.0101. The quantitative estimate of drug-likeness (QED) is 0.709. The largest absolute Gasteiger partial charge is 0.496 e. The number of carbonyl (C=O) groups excluding carboxylic acids is 2. The lowest BCUT2D eigenvalue weighted by Crippen LogP contribution is -2.47. The predicted octanol–water partition coefficient (Wildman–Crippen LogP) is 4.25. The molecule has 1 aromatic carbocycles. The van der Waals surface area contributed by atoms with Crippen molar-refractivity contribution in [2.45, 2.75) is 32.6 Å². The van der Waals surface area contributed by atoms with E-state index in [0.29, 0.717) is 48.2 Å². The number of rotatable bonds is 4. The van der Waals surface area contributed by atoms with Crippen LogP contribution in [0.15, 0.2) is 36.7 Å². The molecule has 166 valence electrons. The summed E-state index contributed by atoms with van der Waals surface area (Å²) in [5, 5.41) is 0.490. The number of methoxy groups -OCH3 is 1. The number of hydrogen-bond acceptors (Lipinski definition) is 3. The molecule has 7 heteroatoms. The first-order chi connectivity index (χ1) is 15.0. The smallest absolute Gasteiger partial charge is 0.257 e. The molecule has 0 saturated carbocycles. The number of benzene rings is 1. The Bertz CT molecular complexity index is 936. The Morgan fingerprint density at radius 2 is 1.74 bits per heavy atom. The first-order valence-corrected chi connectivity index (χ1v) is 11.4. The summed E-state index contributed by atoms with van der Waals surface area (Å²) >= 11 is 6.50. The molecule has 31 heavy (non-hydrogen) atoms. The Balaban J connectivity index is 1.44. The summed E-state index contributed by atoms with van der Waals surface area (Å²) in [4.78, 5) is 30.0. The molecule has 0 aliphatic carbocycles. The zero-order chi connectivity index (χ0) is 22.0. The van der Waals surface area contributed by atoms with Crippen molar-refractivity contribution in [3.8, 4) is 11.4 Å². The fourth-order valence-corrected chi connectivity index (χ4v) is 4.98. The molecule has 4 rings (SSSR count). The summed E-state index contributed by atoms with van der Waals surface area (Å²) in [6, 6.07) is 7.31. The van der Waals surface area contributed by atoms with E-state index in [1.54, 1.807) is 19.2 Å². The number of likely N-dealkylation sites (tertiary alicyclic amines) is 2. The minimum atomic E-state index is -0.102. The Kier molecular flexibility index (Phi) is 6.56. The minimum Gasteiger partial charge on any atom is -0.496 e. The molecule has 2 aliphatic heterocycles. The molecule has 0 spiro atoms. The van der Waals surface area contributed by atoms with Crippen LogP contribution in [0.25, 0.3) is 5.69 Å². The van der Waals surface area contributed by atoms with Crippen LogP contribution in [0.5, 0.6) is 5.75 Å². The second kappa shape index (κ2) is 9.35. The molecule has 2 saturated heterocycles. The van der Waals surface area contributed by atoms with Gasteiger partial charge < -0.3 is 19.1 Å². The Labute approximate surface area is 188 Å². The number of aromatic nitrogens is 1. The van der Waals surface area contributed by atoms with Gasteiger partial charge in [0.05, 0.1) is 23.4 Å². The molecule has 2 aliphatic rings. The lowest BCUT2D eigenvalue weighted by molar-refractivity contribution is -0.138. The molecule has 1 unspecified atom stereocenters. The van der Waals surface area contributed by atoms with Crippen LogP contribution >= 0.6 is 11.6 Å². The molecule has 1 aromatic heterocycles. The molecular formula is C24H30ClN3O3. The number of halogens is 1. The van der Waals surface area contributed by atoms with Crippen LogP contribution in [0.1, 0.15) is 43.0 Å². The van der Waals surface area contributed by atoms with E-state index < -0.39 is 0 Å². The van der Waals surface area contributed by atoms with Gasteiger partial charge >= 0.3 is 0 Å². The third-order valence-corrected chi connectivity index (χ3v) is 6.78. The first kappa shape index (κ1) is 21.8. The maximum Gasteiger partial charge on any atom is 0.257 e. The van der Waals surface area contributed by atoms with Crippen LogP contribution in [-0.2, 0) is 4.79 Å². The van der Waals surface area contributed by atoms with Gasteiger partial charge in [0, 0.05) is 50.6 Å². The normalized spacial score (nSPS) is 20.0. The molecule has 2 amide bonds. The van der Waals surface area contributed by atoms with E-state index >= 15 is 0 Å². The second-order valence-electron chi connectivity index (χ2n) is 8.69. The van der Waals surface area contributed by atoms with Crippen LogP contribution < -0.4 is 4.74 Å². The zero-order valence-electron chi connectivity index (χ0n) is 18.2. The fraction of sp³-hybridized carbons (Fsp3) is 0.500. The van der Waals surface area contributed by atoms with Gasteiger partial charge in [-0.1, -0.05) is 18.5 Å². The molecular weight excluding hydrogens is 414 g/mol. The van der Waals surface area contributed by atoms with E-state index in [0.717, 1.165) is 25.2 Å². The Morgan fingerprint density at radius 3 is 2.39 bits per heavy atom. The van der Waals surface area contributed by atoms with Crippen LogP contribution in [0.2, 0.25) is 5.02 Å². The standard InChI is InChI=1S/C24H30ClN3O3/c1-17-6-5-11-28(16-17)23(29)18-7-12-27(13-8-18)24(30)19-14-20(25)21(15-22(19)31-2)26-9-3-4-10-26/h3-4,9-10,14-15,17-18H,5-8,11-13,16H2,1-2H3. The molecule has 0 radical (unpaired) electrons. The molecule has 3 heterocycles. The van der Waals surface area contributed by atoms with Gasteiger partial charge in [0.2, 0.25) is 5.91 Å². The summed E-state index contributed by atoms with van der Waals surface area (Å²) in [6.07, 6.45) is 7.48.